The first kappa shape index (κ1) is 21.1. The van der Waals surface area contributed by atoms with Crippen LogP contribution >= 0.6 is 11.3 Å². The minimum Gasteiger partial charge on any atom is -0.493 e. The summed E-state index contributed by atoms with van der Waals surface area (Å²) in [5.74, 6) is 1.92. The summed E-state index contributed by atoms with van der Waals surface area (Å²) in [5.41, 5.74) is 2.71. The van der Waals surface area contributed by atoms with Crippen LogP contribution in [-0.4, -0.2) is 28.3 Å². The monoisotopic (exact) mass is 435 g/mol. The summed E-state index contributed by atoms with van der Waals surface area (Å²) in [5, 5.41) is 4.42. The van der Waals surface area contributed by atoms with E-state index in [1.807, 2.05) is 55.5 Å². The molecule has 0 fully saturated rings. The van der Waals surface area contributed by atoms with E-state index in [1.54, 1.807) is 7.11 Å². The molecule has 0 N–H and O–H groups in total. The lowest BCUT2D eigenvalue weighted by Crippen LogP contribution is -2.23. The third-order valence-corrected chi connectivity index (χ3v) is 5.91. The molecule has 2 heterocycles. The van der Waals surface area contributed by atoms with Crippen LogP contribution in [0, 0.1) is 6.92 Å². The van der Waals surface area contributed by atoms with E-state index in [-0.39, 0.29) is 5.56 Å². The maximum atomic E-state index is 12.9. The summed E-state index contributed by atoms with van der Waals surface area (Å²) in [6.07, 6.45) is 5.14. The average Bonchev–Trinajstić information content (AvgIpc) is 3.31. The van der Waals surface area contributed by atoms with Gasteiger partial charge in [0.1, 0.15) is 0 Å². The maximum Gasteiger partial charge on any atom is 0.291 e. The summed E-state index contributed by atoms with van der Waals surface area (Å²) in [6, 6.07) is 13.6. The summed E-state index contributed by atoms with van der Waals surface area (Å²) >= 11 is 1.32. The summed E-state index contributed by atoms with van der Waals surface area (Å²) < 4.78 is 13.3. The number of hydrogen-bond donors (Lipinski definition) is 0. The smallest absolute Gasteiger partial charge is 0.291 e. The highest BCUT2D eigenvalue weighted by Crippen LogP contribution is 2.28. The molecular weight excluding hydrogens is 410 g/mol. The van der Waals surface area contributed by atoms with E-state index in [4.69, 9.17) is 9.47 Å². The Morgan fingerprint density at radius 3 is 2.74 bits per heavy atom. The number of unbranched alkanes of at least 4 members (excludes halogenated alkanes) is 2. The average molecular weight is 436 g/mol. The molecule has 0 saturated carbocycles. The highest BCUT2D eigenvalue weighted by atomic mass is 32.1. The van der Waals surface area contributed by atoms with Gasteiger partial charge in [-0.1, -0.05) is 60.9 Å². The van der Waals surface area contributed by atoms with Crippen molar-refractivity contribution in [2.75, 3.05) is 13.7 Å². The third kappa shape index (κ3) is 4.61. The molecular formula is C24H25N3O3S. The highest BCUT2D eigenvalue weighted by molar-refractivity contribution is 7.15. The molecule has 7 heteroatoms. The second-order valence-electron chi connectivity index (χ2n) is 7.38. The molecule has 0 atom stereocenters. The second kappa shape index (κ2) is 9.31. The van der Waals surface area contributed by atoms with Gasteiger partial charge in [0.15, 0.2) is 17.3 Å². The van der Waals surface area contributed by atoms with Crippen molar-refractivity contribution in [2.24, 2.45) is 0 Å². The van der Waals surface area contributed by atoms with Gasteiger partial charge in [-0.25, -0.2) is 0 Å². The summed E-state index contributed by atoms with van der Waals surface area (Å²) in [6.45, 7) is 4.84. The number of aryl methyl sites for hydroxylation is 1. The van der Waals surface area contributed by atoms with Crippen LogP contribution in [0.25, 0.3) is 22.4 Å². The van der Waals surface area contributed by atoms with Crippen molar-refractivity contribution in [3.8, 4) is 22.9 Å². The number of rotatable bonds is 8. The van der Waals surface area contributed by atoms with Crippen LogP contribution < -0.4 is 19.6 Å². The Bertz CT molecular complexity index is 1310. The van der Waals surface area contributed by atoms with E-state index in [0.717, 1.165) is 36.0 Å². The van der Waals surface area contributed by atoms with Gasteiger partial charge in [0.2, 0.25) is 4.96 Å². The quantitative estimate of drug-likeness (QED) is 0.387. The largest absolute Gasteiger partial charge is 0.493 e. The van der Waals surface area contributed by atoms with Crippen molar-refractivity contribution in [3.05, 3.63) is 68.5 Å². The van der Waals surface area contributed by atoms with Gasteiger partial charge >= 0.3 is 0 Å². The van der Waals surface area contributed by atoms with E-state index >= 15 is 0 Å². The first-order chi connectivity index (χ1) is 15.1. The van der Waals surface area contributed by atoms with Crippen molar-refractivity contribution in [1.82, 2.24) is 14.6 Å². The molecule has 0 aliphatic rings. The molecule has 160 valence electrons. The van der Waals surface area contributed by atoms with Crippen LogP contribution in [0.4, 0.5) is 0 Å². The van der Waals surface area contributed by atoms with Gasteiger partial charge in [-0.05, 0) is 43.2 Å². The molecule has 4 rings (SSSR count). The first-order valence-corrected chi connectivity index (χ1v) is 11.2. The molecule has 0 radical (unpaired) electrons. The van der Waals surface area contributed by atoms with Crippen molar-refractivity contribution in [2.45, 2.75) is 33.1 Å². The van der Waals surface area contributed by atoms with Gasteiger partial charge in [0.25, 0.3) is 5.56 Å². The Balaban J connectivity index is 1.62. The number of fused-ring (bicyclic) bond motifs is 1. The Morgan fingerprint density at radius 1 is 1.13 bits per heavy atom. The zero-order valence-electron chi connectivity index (χ0n) is 17.9. The van der Waals surface area contributed by atoms with Gasteiger partial charge in [-0.2, -0.15) is 9.50 Å². The normalized spacial score (nSPS) is 11.9. The molecule has 0 saturated heterocycles. The van der Waals surface area contributed by atoms with E-state index < -0.39 is 0 Å². The van der Waals surface area contributed by atoms with Gasteiger partial charge < -0.3 is 9.47 Å². The predicted molar refractivity (Wildman–Crippen MR) is 124 cm³/mol. The van der Waals surface area contributed by atoms with Gasteiger partial charge in [0.05, 0.1) is 18.2 Å². The molecule has 0 spiro atoms. The van der Waals surface area contributed by atoms with Crippen molar-refractivity contribution >= 4 is 22.4 Å². The van der Waals surface area contributed by atoms with Crippen LogP contribution in [0.15, 0.2) is 47.3 Å². The lowest BCUT2D eigenvalue weighted by Gasteiger charge is -2.11. The lowest BCUT2D eigenvalue weighted by molar-refractivity contribution is 0.286. The van der Waals surface area contributed by atoms with Crippen LogP contribution in [0.2, 0.25) is 0 Å². The fourth-order valence-corrected chi connectivity index (χ4v) is 4.23. The van der Waals surface area contributed by atoms with Gasteiger partial charge in [0, 0.05) is 5.56 Å². The highest BCUT2D eigenvalue weighted by Gasteiger charge is 2.12. The molecule has 0 bridgehead atoms. The van der Waals surface area contributed by atoms with Crippen molar-refractivity contribution < 1.29 is 9.47 Å². The molecule has 0 aliphatic carbocycles. The number of nitrogens with zero attached hydrogens (tertiary/aromatic N) is 3. The molecule has 0 amide bonds. The van der Waals surface area contributed by atoms with Crippen LogP contribution in [-0.2, 0) is 0 Å². The zero-order chi connectivity index (χ0) is 21.8. The summed E-state index contributed by atoms with van der Waals surface area (Å²) in [4.78, 5) is 18.0. The number of ether oxygens (including phenoxy) is 2. The molecule has 6 nitrogen and oxygen atoms in total. The fourth-order valence-electron chi connectivity index (χ4n) is 3.32. The van der Waals surface area contributed by atoms with E-state index in [9.17, 15) is 4.79 Å². The first-order valence-electron chi connectivity index (χ1n) is 10.4. The Morgan fingerprint density at radius 2 is 2.00 bits per heavy atom. The molecule has 0 aliphatic heterocycles. The Kier molecular flexibility index (Phi) is 6.32. The topological polar surface area (TPSA) is 65.7 Å². The van der Waals surface area contributed by atoms with Crippen LogP contribution in [0.5, 0.6) is 11.5 Å². The third-order valence-electron chi connectivity index (χ3n) is 4.95. The van der Waals surface area contributed by atoms with E-state index in [0.29, 0.717) is 33.4 Å². The lowest BCUT2D eigenvalue weighted by atomic mass is 10.1. The van der Waals surface area contributed by atoms with Crippen LogP contribution in [0.3, 0.4) is 0 Å². The SMILES string of the molecule is CCCCCOc1ccc(C=c2sc3nc(-c4cccc(C)c4)nn3c2=O)cc1OC. The fraction of sp³-hybridized carbons (Fsp3) is 0.292. The number of hydrogen-bond acceptors (Lipinski definition) is 6. The van der Waals surface area contributed by atoms with E-state index in [2.05, 4.69) is 17.0 Å². The maximum absolute atomic E-state index is 12.9. The summed E-state index contributed by atoms with van der Waals surface area (Å²) in [7, 11) is 1.62. The number of thiazole rings is 1. The molecule has 0 unspecified atom stereocenters. The number of aromatic nitrogens is 3. The Labute approximate surface area is 184 Å². The van der Waals surface area contributed by atoms with Gasteiger partial charge in [-0.3, -0.25) is 4.79 Å². The zero-order valence-corrected chi connectivity index (χ0v) is 18.7. The minimum atomic E-state index is -0.176. The van der Waals surface area contributed by atoms with Crippen molar-refractivity contribution in [3.63, 3.8) is 0 Å². The number of benzene rings is 2. The van der Waals surface area contributed by atoms with E-state index in [1.165, 1.54) is 15.9 Å². The molecule has 2 aromatic carbocycles. The van der Waals surface area contributed by atoms with Crippen molar-refractivity contribution in [1.29, 1.82) is 0 Å². The number of methoxy groups -OCH3 is 1. The Hall–Kier alpha value is -3.19. The predicted octanol–water partition coefficient (Wildman–Crippen LogP) is 4.25. The molecule has 2 aromatic heterocycles. The minimum absolute atomic E-state index is 0.176. The molecule has 31 heavy (non-hydrogen) atoms. The van der Waals surface area contributed by atoms with Crippen LogP contribution in [0.1, 0.15) is 37.3 Å². The standard InChI is InChI=1S/C24H25N3O3S/c1-4-5-6-12-30-19-11-10-17(14-20(19)29-3)15-21-23(28)27-24(31-21)25-22(26-27)18-9-7-8-16(2)13-18/h7-11,13-15H,4-6,12H2,1-3H3. The van der Waals surface area contributed by atoms with Gasteiger partial charge in [-0.15, -0.1) is 5.10 Å². The second-order valence-corrected chi connectivity index (χ2v) is 8.39. The molecule has 4 aromatic rings.